The highest BCUT2D eigenvalue weighted by Gasteiger charge is 2.39. The first-order chi connectivity index (χ1) is 63.1. The molecule has 0 radical (unpaired) electrons. The van der Waals surface area contributed by atoms with Gasteiger partial charge < -0.3 is 72.1 Å². The minimum absolute atomic E-state index is 0.231. The summed E-state index contributed by atoms with van der Waals surface area (Å²) >= 11 is 0. The molecule has 22 rings (SSSR count). The predicted octanol–water partition coefficient (Wildman–Crippen LogP) is 24.9. The van der Waals surface area contributed by atoms with Gasteiger partial charge in [-0.1, -0.05) is 158 Å². The van der Waals surface area contributed by atoms with Gasteiger partial charge in [-0.15, -0.1) is 0 Å². The maximum absolute atomic E-state index is 7.80. The Morgan fingerprint density at radius 2 is 0.659 bits per heavy atom. The van der Waals surface area contributed by atoms with Gasteiger partial charge in [-0.2, -0.15) is 0 Å². The number of nitrogens with zero attached hydrogens (tertiary/aromatic N) is 16. The number of rotatable bonds is 7. The number of fused-ring (bicyclic) bond motifs is 13. The lowest BCUT2D eigenvalue weighted by Crippen LogP contribution is -2.39. The smallest absolute Gasteiger partial charge is 0.178 e. The average Bonchev–Trinajstić information content (AvgIpc) is 1.59. The van der Waals surface area contributed by atoms with Crippen molar-refractivity contribution in [3.63, 3.8) is 0 Å². The van der Waals surface area contributed by atoms with Crippen LogP contribution in [0.2, 0.25) is 0 Å². The second kappa shape index (κ2) is 33.6. The van der Waals surface area contributed by atoms with E-state index in [0.717, 1.165) is 84.3 Å². The number of benzene rings is 10. The molecule has 6 atom stereocenters. The quantitative estimate of drug-likeness (QED) is 0.150. The van der Waals surface area contributed by atoms with Crippen molar-refractivity contribution in [1.29, 1.82) is 0 Å². The summed E-state index contributed by atoms with van der Waals surface area (Å²) in [6.45, 7) is 22.5. The van der Waals surface area contributed by atoms with Crippen molar-refractivity contribution in [2.45, 2.75) is 140 Å². The lowest BCUT2D eigenvalue weighted by molar-refractivity contribution is 0.263. The van der Waals surface area contributed by atoms with E-state index in [1.54, 1.807) is 24.7 Å². The van der Waals surface area contributed by atoms with E-state index in [2.05, 4.69) is 241 Å². The molecule has 19 nitrogen and oxygen atoms in total. The third-order valence-corrected chi connectivity index (χ3v) is 24.7. The van der Waals surface area contributed by atoms with Crippen molar-refractivity contribution < 1.29 is 25.6 Å². The molecule has 6 aromatic heterocycles. The monoisotopic (exact) mass is 1640 g/mol. The number of furan rings is 3. The van der Waals surface area contributed by atoms with Crippen LogP contribution in [-0.2, 0) is 0 Å². The summed E-state index contributed by atoms with van der Waals surface area (Å²) in [4.78, 5) is 41.2. The van der Waals surface area contributed by atoms with E-state index in [-0.39, 0.29) is 30.8 Å². The number of para-hydroxylation sites is 8. The van der Waals surface area contributed by atoms with Crippen molar-refractivity contribution in [3.8, 4) is 0 Å². The Hall–Kier alpha value is -13.9. The number of aromatic nitrogens is 4. The molecular formula is C104H110N16O3. The first kappa shape index (κ1) is 70.9. The van der Waals surface area contributed by atoms with Gasteiger partial charge in [-0.05, 0) is 203 Å². The second-order valence-electron chi connectivity index (χ2n) is 32.5. The minimum Gasteiger partial charge on any atom is -0.454 e. The molecule has 6 unspecified atom stereocenters. The Labute approximate surface area is 735 Å². The van der Waals surface area contributed by atoms with Gasteiger partial charge in [0.15, 0.2) is 40.0 Å². The SMILES string of the molecule is Cc1ccc2c(oc3ccccc32)c1N1C=CN(C(C)C)C1C.Cc1ccc2c(oc3ccccc32)c1N1C=CN(C)C1C.Cc1ccc2c(oc3ccccc32)c1N1c2ccccc2N(C)C1C.[2H]C([2H])([2H])N1c2cccnc2N(c2ccccc2C)C1C.[2H]C([2H])([2H])N1c2ncccc2N(c2ccccc2C)C1C.[2H]C([2H])([2H])N1c2nccnc2N(c2ccccc2C)C1C. The average molecular weight is 1640 g/mol. The third kappa shape index (κ3) is 14.5. The van der Waals surface area contributed by atoms with E-state index < -0.39 is 20.9 Å². The summed E-state index contributed by atoms with van der Waals surface area (Å²) in [5.41, 5.74) is 23.1. The summed E-state index contributed by atoms with van der Waals surface area (Å²) < 4.78 is 88.8. The Bertz CT molecular complexity index is 6750. The van der Waals surface area contributed by atoms with E-state index in [0.29, 0.717) is 41.2 Å². The summed E-state index contributed by atoms with van der Waals surface area (Å²) in [7, 11) is 4.24. The number of anilines is 14. The van der Waals surface area contributed by atoms with Gasteiger partial charge in [-0.25, -0.2) is 19.9 Å². The van der Waals surface area contributed by atoms with E-state index in [4.69, 9.17) is 25.6 Å². The highest BCUT2D eigenvalue weighted by Crippen LogP contribution is 2.51. The van der Waals surface area contributed by atoms with Crippen LogP contribution in [0, 0.1) is 41.5 Å². The Balaban J connectivity index is 0.000000111. The lowest BCUT2D eigenvalue weighted by atomic mass is 10.1. The fraction of sp³-hybridized carbons (Fsp3) is 0.250. The number of aryl methyl sites for hydroxylation is 6. The lowest BCUT2D eigenvalue weighted by Gasteiger charge is -2.33. The first-order valence-corrected chi connectivity index (χ1v) is 42.0. The number of hydrogen-bond donors (Lipinski definition) is 0. The highest BCUT2D eigenvalue weighted by atomic mass is 16.3. The molecule has 19 heteroatoms. The van der Waals surface area contributed by atoms with Crippen molar-refractivity contribution in [2.24, 2.45) is 0 Å². The van der Waals surface area contributed by atoms with E-state index in [1.165, 1.54) is 87.0 Å². The Kier molecular flexibility index (Phi) is 19.3. The van der Waals surface area contributed by atoms with Gasteiger partial charge in [0.25, 0.3) is 0 Å². The van der Waals surface area contributed by atoms with Crippen LogP contribution in [0.25, 0.3) is 65.8 Å². The number of pyridine rings is 2. The third-order valence-electron chi connectivity index (χ3n) is 24.7. The Morgan fingerprint density at radius 1 is 0.285 bits per heavy atom. The zero-order valence-electron chi connectivity index (χ0n) is 81.5. The van der Waals surface area contributed by atoms with Gasteiger partial charge in [0.05, 0.1) is 39.8 Å². The molecule has 10 aromatic carbocycles. The van der Waals surface area contributed by atoms with E-state index >= 15 is 0 Å². The molecule has 0 spiro atoms. The van der Waals surface area contributed by atoms with Gasteiger partial charge in [0.2, 0.25) is 0 Å². The van der Waals surface area contributed by atoms with Crippen LogP contribution >= 0.6 is 0 Å². The van der Waals surface area contributed by atoms with Gasteiger partial charge in [0.1, 0.15) is 53.7 Å². The maximum atomic E-state index is 7.80. The molecule has 123 heavy (non-hydrogen) atoms. The summed E-state index contributed by atoms with van der Waals surface area (Å²) in [6, 6.07) is 78.0. The maximum Gasteiger partial charge on any atom is 0.178 e. The van der Waals surface area contributed by atoms with Crippen LogP contribution in [0.15, 0.2) is 293 Å². The van der Waals surface area contributed by atoms with Crippen LogP contribution < -0.4 is 49.0 Å². The van der Waals surface area contributed by atoms with E-state index in [1.807, 2.05) is 184 Å². The summed E-state index contributed by atoms with van der Waals surface area (Å²) in [5.74, 6) is 2.17. The molecule has 6 aliphatic heterocycles. The molecule has 624 valence electrons. The molecule has 6 aliphatic rings. The first-order valence-electron chi connectivity index (χ1n) is 46.5. The molecule has 0 saturated heterocycles. The molecule has 0 saturated carbocycles. The molecule has 0 aliphatic carbocycles. The van der Waals surface area contributed by atoms with Crippen LogP contribution in [-0.4, -0.2) is 108 Å². The molecular weight excluding hydrogens is 1520 g/mol. The van der Waals surface area contributed by atoms with Crippen molar-refractivity contribution >= 4 is 146 Å². The summed E-state index contributed by atoms with van der Waals surface area (Å²) in [6.07, 6.45) is 14.8. The zero-order valence-corrected chi connectivity index (χ0v) is 72.5. The van der Waals surface area contributed by atoms with Gasteiger partial charge >= 0.3 is 0 Å². The Morgan fingerprint density at radius 3 is 1.15 bits per heavy atom. The van der Waals surface area contributed by atoms with Gasteiger partial charge in [0, 0.05) is 152 Å². The zero-order chi connectivity index (χ0) is 93.4. The molecule has 0 amide bonds. The van der Waals surface area contributed by atoms with Crippen molar-refractivity contribution in [2.75, 3.05) is 84.0 Å². The topological polar surface area (TPSA) is 130 Å². The molecule has 0 fully saturated rings. The standard InChI is InChI=1S/C22H20N2O.C20H22N2O.C18H18N2O.2C15H17N3.C14H16N4/c1-14-12-13-17-16-8-4-7-11-20(16)25-22(17)21(14)24-15(2)23(3)18-9-5-6-10-19(18)24;1-13(2)21-11-12-22(15(21)4)19-14(3)9-10-17-16-7-5-6-8-18(16)23-20(17)19;1-12-8-9-15-14-6-4-5-7-16(14)21-18(15)17(12)20-11-10-19(3)13(20)2;1-11-7-4-5-8-13(11)18-12(2)17(3)15-14(18)9-6-10-16-15;1-11-7-4-5-8-13(11)18-12(2)17(3)14-9-6-10-16-15(14)18;1-10-6-4-5-7-12(10)18-11(2)17(3)13-14(18)16-9-8-15-13/h4-13,15H,1-3H3;5-13,15H,1-4H3;4-11,13H,1-3H3;2*4-10,12H,1-3H3;4-9,11H,1-3H3/i;;;3*3D3. The largest absolute Gasteiger partial charge is 0.454 e. The second-order valence-corrected chi connectivity index (χ2v) is 32.5. The molecule has 0 bridgehead atoms. The normalized spacial score (nSPS) is 19.2. The fourth-order valence-corrected chi connectivity index (χ4v) is 17.8. The molecule has 16 aromatic rings. The van der Waals surface area contributed by atoms with Crippen LogP contribution in [0.5, 0.6) is 0 Å². The minimum atomic E-state index is -2.26. The molecule has 0 N–H and O–H groups in total. The molecule has 12 heterocycles. The highest BCUT2D eigenvalue weighted by molar-refractivity contribution is 6.13. The fourth-order valence-electron chi connectivity index (χ4n) is 17.8. The van der Waals surface area contributed by atoms with Crippen LogP contribution in [0.3, 0.4) is 0 Å². The van der Waals surface area contributed by atoms with Crippen molar-refractivity contribution in [3.05, 3.63) is 313 Å². The predicted molar refractivity (Wildman–Crippen MR) is 513 cm³/mol. The van der Waals surface area contributed by atoms with Crippen LogP contribution in [0.4, 0.5) is 80.1 Å². The van der Waals surface area contributed by atoms with E-state index in [9.17, 15) is 0 Å². The van der Waals surface area contributed by atoms with Crippen LogP contribution in [0.1, 0.15) is 101 Å². The number of hydrogen-bond acceptors (Lipinski definition) is 19. The van der Waals surface area contributed by atoms with Gasteiger partial charge in [-0.3, -0.25) is 0 Å². The summed E-state index contributed by atoms with van der Waals surface area (Å²) in [5, 5.41) is 7.08. The van der Waals surface area contributed by atoms with Crippen molar-refractivity contribution in [1.82, 2.24) is 29.7 Å².